The van der Waals surface area contributed by atoms with Crippen molar-refractivity contribution in [2.45, 2.75) is 33.2 Å². The summed E-state index contributed by atoms with van der Waals surface area (Å²) in [5.41, 5.74) is 1.17. The Morgan fingerprint density at radius 3 is 2.34 bits per heavy atom. The van der Waals surface area contributed by atoms with Gasteiger partial charge >= 0.3 is 6.03 Å². The Balaban J connectivity index is 1.51. The number of hydrogen-bond acceptors (Lipinski definition) is 2. The molecule has 2 aromatic carbocycles. The van der Waals surface area contributed by atoms with Crippen molar-refractivity contribution in [2.24, 2.45) is 5.41 Å². The Morgan fingerprint density at radius 1 is 1.07 bits per heavy atom. The summed E-state index contributed by atoms with van der Waals surface area (Å²) in [6, 6.07) is 10.3. The van der Waals surface area contributed by atoms with Gasteiger partial charge in [0.2, 0.25) is 5.91 Å². The molecular weight excluding hydrogens is 376 g/mol. The summed E-state index contributed by atoms with van der Waals surface area (Å²) in [7, 11) is 0. The fraction of sp³-hybridized carbons (Fsp3) is 0.364. The number of rotatable bonds is 4. The Labute approximate surface area is 169 Å². The van der Waals surface area contributed by atoms with Crippen molar-refractivity contribution in [1.82, 2.24) is 10.2 Å². The number of nitrogens with one attached hydrogen (secondary N) is 2. The van der Waals surface area contributed by atoms with Crippen LogP contribution in [-0.2, 0) is 11.3 Å². The van der Waals surface area contributed by atoms with Crippen LogP contribution in [0.5, 0.6) is 0 Å². The van der Waals surface area contributed by atoms with E-state index in [-0.39, 0.29) is 23.6 Å². The molecule has 0 atom stereocenters. The molecule has 0 spiro atoms. The van der Waals surface area contributed by atoms with Gasteiger partial charge in [-0.05, 0) is 55.2 Å². The van der Waals surface area contributed by atoms with Gasteiger partial charge in [0.15, 0.2) is 0 Å². The first-order valence-corrected chi connectivity index (χ1v) is 9.62. The summed E-state index contributed by atoms with van der Waals surface area (Å²) in [5, 5.41) is 5.61. The van der Waals surface area contributed by atoms with Crippen molar-refractivity contribution in [1.29, 1.82) is 0 Å². The summed E-state index contributed by atoms with van der Waals surface area (Å²) in [6.07, 6.45) is 1.05. The molecule has 2 aromatic rings. The molecule has 0 radical (unpaired) electrons. The highest BCUT2D eigenvalue weighted by molar-refractivity contribution is 5.90. The molecule has 154 valence electrons. The minimum atomic E-state index is -0.577. The van der Waals surface area contributed by atoms with Crippen LogP contribution in [0.3, 0.4) is 0 Å². The molecule has 1 aliphatic heterocycles. The molecule has 1 aliphatic rings. The molecule has 5 nitrogen and oxygen atoms in total. The van der Waals surface area contributed by atoms with Gasteiger partial charge in [-0.2, -0.15) is 0 Å². The van der Waals surface area contributed by atoms with Crippen LogP contribution in [0.15, 0.2) is 42.5 Å². The number of likely N-dealkylation sites (tertiary alicyclic amines) is 1. The maximum atomic E-state index is 13.6. The smallest absolute Gasteiger partial charge is 0.321 e. The highest BCUT2D eigenvalue weighted by atomic mass is 19.1. The number of carbonyl (C=O) groups excluding carboxylic acids is 2. The van der Waals surface area contributed by atoms with Gasteiger partial charge < -0.3 is 15.5 Å². The quantitative estimate of drug-likeness (QED) is 0.806. The number of piperidine rings is 1. The van der Waals surface area contributed by atoms with Crippen molar-refractivity contribution < 1.29 is 18.4 Å². The lowest BCUT2D eigenvalue weighted by Crippen LogP contribution is -2.49. The van der Waals surface area contributed by atoms with E-state index in [1.165, 1.54) is 18.2 Å². The number of hydrogen-bond donors (Lipinski definition) is 2. The fourth-order valence-electron chi connectivity index (χ4n) is 3.30. The lowest BCUT2D eigenvalue weighted by molar-refractivity contribution is -0.132. The zero-order valence-corrected chi connectivity index (χ0v) is 16.6. The summed E-state index contributed by atoms with van der Waals surface area (Å²) >= 11 is 0. The van der Waals surface area contributed by atoms with E-state index in [4.69, 9.17) is 0 Å². The van der Waals surface area contributed by atoms with E-state index < -0.39 is 5.41 Å². The third-order valence-corrected chi connectivity index (χ3v) is 5.49. The van der Waals surface area contributed by atoms with Crippen molar-refractivity contribution in [2.75, 3.05) is 18.4 Å². The number of urea groups is 1. The van der Waals surface area contributed by atoms with Gasteiger partial charge in [-0.15, -0.1) is 0 Å². The highest BCUT2D eigenvalue weighted by Crippen LogP contribution is 2.31. The van der Waals surface area contributed by atoms with Crippen LogP contribution < -0.4 is 10.6 Å². The van der Waals surface area contributed by atoms with E-state index in [9.17, 15) is 18.4 Å². The minimum Gasteiger partial charge on any atom is -0.352 e. The molecule has 0 aliphatic carbocycles. The lowest BCUT2D eigenvalue weighted by atomic mass is 9.79. The molecule has 3 amide bonds. The Morgan fingerprint density at radius 2 is 1.72 bits per heavy atom. The van der Waals surface area contributed by atoms with E-state index >= 15 is 0 Å². The van der Waals surface area contributed by atoms with Crippen molar-refractivity contribution in [3.8, 4) is 0 Å². The van der Waals surface area contributed by atoms with Crippen molar-refractivity contribution in [3.63, 3.8) is 0 Å². The molecule has 0 saturated carbocycles. The maximum absolute atomic E-state index is 13.6. The van der Waals surface area contributed by atoms with Gasteiger partial charge in [-0.25, -0.2) is 13.6 Å². The van der Waals surface area contributed by atoms with E-state index in [1.807, 2.05) is 6.92 Å². The fourth-order valence-corrected chi connectivity index (χ4v) is 3.30. The number of anilines is 1. The molecule has 2 N–H and O–H groups in total. The van der Waals surface area contributed by atoms with Gasteiger partial charge in [-0.1, -0.05) is 25.1 Å². The second-order valence-electron chi connectivity index (χ2n) is 7.75. The molecular formula is C22H25F2N3O2. The number of aryl methyl sites for hydroxylation is 1. The van der Waals surface area contributed by atoms with Crippen LogP contribution in [-0.4, -0.2) is 29.9 Å². The first-order chi connectivity index (χ1) is 13.8. The summed E-state index contributed by atoms with van der Waals surface area (Å²) in [4.78, 5) is 26.7. The van der Waals surface area contributed by atoms with Gasteiger partial charge in [0.25, 0.3) is 0 Å². The average Bonchev–Trinajstić information content (AvgIpc) is 2.70. The third kappa shape index (κ3) is 5.10. The maximum Gasteiger partial charge on any atom is 0.321 e. The summed E-state index contributed by atoms with van der Waals surface area (Å²) in [5.74, 6) is -0.764. The third-order valence-electron chi connectivity index (χ3n) is 5.49. The van der Waals surface area contributed by atoms with E-state index in [0.717, 1.165) is 5.56 Å². The molecule has 0 unspecified atom stereocenters. The van der Waals surface area contributed by atoms with Gasteiger partial charge in [0.05, 0.1) is 0 Å². The number of carbonyl (C=O) groups is 2. The van der Waals surface area contributed by atoms with Crippen LogP contribution in [0, 0.1) is 24.0 Å². The molecule has 1 fully saturated rings. The molecule has 3 rings (SSSR count). The average molecular weight is 401 g/mol. The standard InChI is InChI=1S/C22H25F2N3O2/c1-15-3-8-18(13-19(15)24)26-21(29)27-11-9-22(2,10-12-27)20(28)25-14-16-4-6-17(23)7-5-16/h3-8,13H,9-12,14H2,1-2H3,(H,25,28)(H,26,29). The largest absolute Gasteiger partial charge is 0.352 e. The minimum absolute atomic E-state index is 0.0810. The zero-order valence-electron chi connectivity index (χ0n) is 16.6. The van der Waals surface area contributed by atoms with Gasteiger partial charge in [0.1, 0.15) is 11.6 Å². The predicted octanol–water partition coefficient (Wildman–Crippen LogP) is 4.22. The van der Waals surface area contributed by atoms with Gasteiger partial charge in [0, 0.05) is 30.7 Å². The van der Waals surface area contributed by atoms with Crippen LogP contribution in [0.1, 0.15) is 30.9 Å². The number of amides is 3. The van der Waals surface area contributed by atoms with Crippen molar-refractivity contribution in [3.05, 3.63) is 65.2 Å². The summed E-state index contributed by atoms with van der Waals surface area (Å²) in [6.45, 7) is 4.74. The van der Waals surface area contributed by atoms with E-state index in [0.29, 0.717) is 43.7 Å². The normalized spacial score (nSPS) is 15.7. The highest BCUT2D eigenvalue weighted by Gasteiger charge is 2.37. The second kappa shape index (κ2) is 8.59. The zero-order chi connectivity index (χ0) is 21.0. The molecule has 1 saturated heterocycles. The van der Waals surface area contributed by atoms with Crippen LogP contribution in [0.4, 0.5) is 19.3 Å². The van der Waals surface area contributed by atoms with E-state index in [2.05, 4.69) is 10.6 Å². The molecule has 29 heavy (non-hydrogen) atoms. The molecule has 7 heteroatoms. The monoisotopic (exact) mass is 401 g/mol. The number of nitrogens with zero attached hydrogens (tertiary/aromatic N) is 1. The molecule has 0 bridgehead atoms. The van der Waals surface area contributed by atoms with Crippen molar-refractivity contribution >= 4 is 17.6 Å². The lowest BCUT2D eigenvalue weighted by Gasteiger charge is -2.38. The van der Waals surface area contributed by atoms with Crippen LogP contribution in [0.2, 0.25) is 0 Å². The Hall–Kier alpha value is -2.96. The van der Waals surface area contributed by atoms with Crippen LogP contribution >= 0.6 is 0 Å². The number of halogens is 2. The molecule has 1 heterocycles. The predicted molar refractivity (Wildman–Crippen MR) is 107 cm³/mol. The van der Waals surface area contributed by atoms with Gasteiger partial charge in [-0.3, -0.25) is 4.79 Å². The number of benzene rings is 2. The first kappa shape index (κ1) is 20.8. The topological polar surface area (TPSA) is 61.4 Å². The Kier molecular flexibility index (Phi) is 6.15. The molecule has 0 aromatic heterocycles. The second-order valence-corrected chi connectivity index (χ2v) is 7.75. The van der Waals surface area contributed by atoms with Crippen LogP contribution in [0.25, 0.3) is 0 Å². The Bertz CT molecular complexity index is 891. The van der Waals surface area contributed by atoms with E-state index in [1.54, 1.807) is 36.1 Å². The SMILES string of the molecule is Cc1ccc(NC(=O)N2CCC(C)(C(=O)NCc3ccc(F)cc3)CC2)cc1F. The summed E-state index contributed by atoms with van der Waals surface area (Å²) < 4.78 is 26.6. The first-order valence-electron chi connectivity index (χ1n) is 9.62.